The van der Waals surface area contributed by atoms with Gasteiger partial charge in [0.2, 0.25) is 0 Å². The van der Waals surface area contributed by atoms with Crippen LogP contribution in [0, 0.1) is 10.1 Å². The fraction of sp³-hybridized carbons (Fsp3) is 0.357. The van der Waals surface area contributed by atoms with Gasteiger partial charge in [-0.2, -0.15) is 0 Å². The van der Waals surface area contributed by atoms with Crippen molar-refractivity contribution in [2.75, 3.05) is 13.7 Å². The van der Waals surface area contributed by atoms with E-state index in [0.717, 1.165) is 11.1 Å². The lowest BCUT2D eigenvalue weighted by Crippen LogP contribution is -2.63. The Bertz CT molecular complexity index is 1140. The summed E-state index contributed by atoms with van der Waals surface area (Å²) in [5.41, 5.74) is 2.69. The van der Waals surface area contributed by atoms with Crippen molar-refractivity contribution >= 4 is 5.69 Å². The molecule has 0 N–H and O–H groups in total. The van der Waals surface area contributed by atoms with Crippen LogP contribution in [-0.2, 0) is 41.6 Å². The fourth-order valence-corrected chi connectivity index (χ4v) is 4.56. The number of hydrogen-bond donors (Lipinski definition) is 0. The van der Waals surface area contributed by atoms with Gasteiger partial charge in [0.05, 0.1) is 24.7 Å². The van der Waals surface area contributed by atoms with Crippen LogP contribution in [0.2, 0.25) is 0 Å². The van der Waals surface area contributed by atoms with Crippen molar-refractivity contribution < 1.29 is 33.3 Å². The normalized spacial score (nSPS) is 27.4. The number of hydrogen-bond acceptors (Lipinski definition) is 8. The summed E-state index contributed by atoms with van der Waals surface area (Å²) in [7, 11) is 1.57. The Labute approximate surface area is 215 Å². The van der Waals surface area contributed by atoms with Crippen LogP contribution in [0.15, 0.2) is 84.9 Å². The lowest BCUT2D eigenvalue weighted by Gasteiger charge is -2.48. The molecule has 37 heavy (non-hydrogen) atoms. The van der Waals surface area contributed by atoms with Crippen LogP contribution in [-0.4, -0.2) is 49.3 Å². The van der Waals surface area contributed by atoms with Crippen LogP contribution in [0.1, 0.15) is 23.0 Å². The third-order valence-corrected chi connectivity index (χ3v) is 6.46. The molecule has 6 atom stereocenters. The average molecular weight is 508 g/mol. The maximum absolute atomic E-state index is 11.1. The van der Waals surface area contributed by atoms with Gasteiger partial charge < -0.3 is 28.4 Å². The largest absolute Gasteiger partial charge is 0.368 e. The summed E-state index contributed by atoms with van der Waals surface area (Å²) >= 11 is 0. The van der Waals surface area contributed by atoms with Crippen molar-refractivity contribution in [2.24, 2.45) is 0 Å². The smallest absolute Gasteiger partial charge is 0.269 e. The number of benzene rings is 3. The summed E-state index contributed by atoms with van der Waals surface area (Å²) < 4.78 is 37.0. The number of fused-ring (bicyclic) bond motifs is 1. The zero-order chi connectivity index (χ0) is 25.6. The van der Waals surface area contributed by atoms with Crippen molar-refractivity contribution in [1.82, 2.24) is 0 Å². The first-order valence-corrected chi connectivity index (χ1v) is 12.1. The molecule has 5 rings (SSSR count). The molecule has 2 saturated heterocycles. The Kier molecular flexibility index (Phi) is 8.20. The van der Waals surface area contributed by atoms with E-state index in [4.69, 9.17) is 28.4 Å². The topological polar surface area (TPSA) is 98.5 Å². The van der Waals surface area contributed by atoms with Crippen LogP contribution in [0.3, 0.4) is 0 Å². The molecule has 0 aliphatic carbocycles. The Morgan fingerprint density at radius 3 is 2.00 bits per heavy atom. The Hall–Kier alpha value is -3.18. The first kappa shape index (κ1) is 25.5. The van der Waals surface area contributed by atoms with Crippen LogP contribution in [0.5, 0.6) is 0 Å². The van der Waals surface area contributed by atoms with Crippen molar-refractivity contribution in [3.8, 4) is 0 Å². The molecule has 0 radical (unpaired) electrons. The highest BCUT2D eigenvalue weighted by Gasteiger charge is 2.51. The second-order valence-corrected chi connectivity index (χ2v) is 8.92. The van der Waals surface area contributed by atoms with Crippen molar-refractivity contribution in [2.45, 2.75) is 50.2 Å². The Balaban J connectivity index is 1.38. The molecular formula is C28H29NO8. The molecule has 2 aliphatic heterocycles. The summed E-state index contributed by atoms with van der Waals surface area (Å²) in [5, 5.41) is 11.1. The molecule has 0 saturated carbocycles. The van der Waals surface area contributed by atoms with Crippen LogP contribution in [0.4, 0.5) is 5.69 Å². The SMILES string of the molecule is CO[C@H]1O[C@@H]2COC(c3ccc([N+](=O)[O-])cc3)O[C@H]2[C@H](OCc2ccccc2)[C@H]1OCc1ccccc1. The molecule has 2 fully saturated rings. The van der Waals surface area contributed by atoms with E-state index in [2.05, 4.69) is 0 Å². The predicted octanol–water partition coefficient (Wildman–Crippen LogP) is 4.55. The van der Waals surface area contributed by atoms with Crippen LogP contribution < -0.4 is 0 Å². The van der Waals surface area contributed by atoms with E-state index in [0.29, 0.717) is 18.8 Å². The number of methoxy groups -OCH3 is 1. The maximum atomic E-state index is 11.1. The highest BCUT2D eigenvalue weighted by molar-refractivity contribution is 5.33. The number of nitrogens with zero attached hydrogens (tertiary/aromatic N) is 1. The quantitative estimate of drug-likeness (QED) is 0.307. The predicted molar refractivity (Wildman–Crippen MR) is 132 cm³/mol. The van der Waals surface area contributed by atoms with Gasteiger partial charge in [0.1, 0.15) is 24.4 Å². The third-order valence-electron chi connectivity index (χ3n) is 6.46. The molecule has 9 heteroatoms. The molecule has 1 unspecified atom stereocenters. The fourth-order valence-electron chi connectivity index (χ4n) is 4.56. The minimum absolute atomic E-state index is 0.000168. The molecule has 9 nitrogen and oxygen atoms in total. The van der Waals surface area contributed by atoms with Crippen molar-refractivity contribution in [3.63, 3.8) is 0 Å². The first-order chi connectivity index (χ1) is 18.1. The van der Waals surface area contributed by atoms with Crippen LogP contribution >= 0.6 is 0 Å². The Morgan fingerprint density at radius 1 is 0.838 bits per heavy atom. The number of ether oxygens (including phenoxy) is 6. The molecule has 2 heterocycles. The highest BCUT2D eigenvalue weighted by atomic mass is 16.8. The molecule has 0 bridgehead atoms. The summed E-state index contributed by atoms with van der Waals surface area (Å²) in [4.78, 5) is 10.6. The van der Waals surface area contributed by atoms with E-state index in [1.807, 2.05) is 60.7 Å². The number of non-ortho nitro benzene ring substituents is 1. The maximum Gasteiger partial charge on any atom is 0.269 e. The lowest BCUT2D eigenvalue weighted by molar-refractivity contribution is -0.385. The minimum Gasteiger partial charge on any atom is -0.368 e. The van der Waals surface area contributed by atoms with E-state index in [9.17, 15) is 10.1 Å². The van der Waals surface area contributed by atoms with E-state index < -0.39 is 41.9 Å². The standard InChI is InChI=1S/C28H29NO8/c1-32-28-26(34-17-20-10-6-3-7-11-20)25(33-16-19-8-4-2-5-9-19)24-23(36-28)18-35-27(37-24)21-12-14-22(15-13-21)29(30)31/h2-15,23-28H,16-18H2,1H3/t23-,24-,25+,26-,27?,28+/m1/s1. The van der Waals surface area contributed by atoms with Gasteiger partial charge in [0, 0.05) is 24.8 Å². The van der Waals surface area contributed by atoms with Gasteiger partial charge >= 0.3 is 0 Å². The van der Waals surface area contributed by atoms with Gasteiger partial charge in [-0.15, -0.1) is 0 Å². The number of rotatable bonds is 9. The molecule has 0 amide bonds. The van der Waals surface area contributed by atoms with Gasteiger partial charge in [-0.05, 0) is 23.3 Å². The van der Waals surface area contributed by atoms with Crippen LogP contribution in [0.25, 0.3) is 0 Å². The molecular weight excluding hydrogens is 478 g/mol. The lowest BCUT2D eigenvalue weighted by atomic mass is 9.97. The third kappa shape index (κ3) is 6.04. The minimum atomic E-state index is -0.734. The number of nitro groups is 1. The van der Waals surface area contributed by atoms with E-state index in [1.54, 1.807) is 19.2 Å². The number of nitro benzene ring substituents is 1. The van der Waals surface area contributed by atoms with E-state index >= 15 is 0 Å². The van der Waals surface area contributed by atoms with Crippen molar-refractivity contribution in [3.05, 3.63) is 112 Å². The molecule has 194 valence electrons. The summed E-state index contributed by atoms with van der Waals surface area (Å²) in [6.45, 7) is 0.936. The second-order valence-electron chi connectivity index (χ2n) is 8.92. The summed E-state index contributed by atoms with van der Waals surface area (Å²) in [6, 6.07) is 25.8. The zero-order valence-corrected chi connectivity index (χ0v) is 20.4. The summed E-state index contributed by atoms with van der Waals surface area (Å²) in [5.74, 6) is 0. The molecule has 0 aromatic heterocycles. The second kappa shape index (κ2) is 11.9. The van der Waals surface area contributed by atoms with Crippen molar-refractivity contribution in [1.29, 1.82) is 0 Å². The van der Waals surface area contributed by atoms with Gasteiger partial charge in [-0.25, -0.2) is 0 Å². The highest BCUT2D eigenvalue weighted by Crippen LogP contribution is 2.37. The van der Waals surface area contributed by atoms with Gasteiger partial charge in [0.15, 0.2) is 12.6 Å². The zero-order valence-electron chi connectivity index (χ0n) is 20.4. The monoisotopic (exact) mass is 507 g/mol. The molecule has 3 aromatic carbocycles. The first-order valence-electron chi connectivity index (χ1n) is 12.1. The molecule has 0 spiro atoms. The Morgan fingerprint density at radius 2 is 1.43 bits per heavy atom. The summed E-state index contributed by atoms with van der Waals surface area (Å²) in [6.07, 6.45) is -3.50. The van der Waals surface area contributed by atoms with Gasteiger partial charge in [0.25, 0.3) is 5.69 Å². The van der Waals surface area contributed by atoms with E-state index in [-0.39, 0.29) is 12.3 Å². The molecule has 2 aliphatic rings. The van der Waals surface area contributed by atoms with Gasteiger partial charge in [-0.1, -0.05) is 60.7 Å². The van der Waals surface area contributed by atoms with Gasteiger partial charge in [-0.3, -0.25) is 10.1 Å². The van der Waals surface area contributed by atoms with E-state index in [1.165, 1.54) is 12.1 Å². The molecule has 3 aromatic rings. The average Bonchev–Trinajstić information content (AvgIpc) is 2.95.